The smallest absolute Gasteiger partial charge is 0.180 e. The second-order valence-corrected chi connectivity index (χ2v) is 4.82. The van der Waals surface area contributed by atoms with Gasteiger partial charge in [0.1, 0.15) is 0 Å². The van der Waals surface area contributed by atoms with Crippen LogP contribution in [0.25, 0.3) is 0 Å². The third-order valence-electron chi connectivity index (χ3n) is 3.15. The predicted molar refractivity (Wildman–Crippen MR) is 68.6 cm³/mol. The summed E-state index contributed by atoms with van der Waals surface area (Å²) >= 11 is 6.16. The first-order valence-electron chi connectivity index (χ1n) is 6.26. The van der Waals surface area contributed by atoms with Gasteiger partial charge in [0.2, 0.25) is 0 Å². The molecule has 5 heteroatoms. The lowest BCUT2D eigenvalue weighted by molar-refractivity contribution is 0.0259. The number of fused-ring (bicyclic) bond motifs is 1. The summed E-state index contributed by atoms with van der Waals surface area (Å²) in [7, 11) is 0. The van der Waals surface area contributed by atoms with Crippen LogP contribution < -0.4 is 14.8 Å². The highest BCUT2D eigenvalue weighted by molar-refractivity contribution is 6.32. The highest BCUT2D eigenvalue weighted by Gasteiger charge is 2.25. The molecule has 1 aromatic rings. The molecule has 0 saturated carbocycles. The van der Waals surface area contributed by atoms with Gasteiger partial charge in [0.15, 0.2) is 11.5 Å². The van der Waals surface area contributed by atoms with Crippen LogP contribution in [0, 0.1) is 0 Å². The van der Waals surface area contributed by atoms with Crippen molar-refractivity contribution >= 4 is 11.6 Å². The Bertz CT molecular complexity index is 432. The average molecular weight is 270 g/mol. The third kappa shape index (κ3) is 2.28. The Morgan fingerprint density at radius 1 is 1.11 bits per heavy atom. The lowest BCUT2D eigenvalue weighted by Gasteiger charge is -2.26. The van der Waals surface area contributed by atoms with Crippen LogP contribution in [0.3, 0.4) is 0 Å². The largest absolute Gasteiger partial charge is 0.489 e. The van der Waals surface area contributed by atoms with E-state index < -0.39 is 0 Å². The number of ether oxygens (including phenoxy) is 3. The molecule has 2 heterocycles. The number of morpholine rings is 1. The molecule has 0 radical (unpaired) electrons. The van der Waals surface area contributed by atoms with E-state index in [9.17, 15) is 0 Å². The van der Waals surface area contributed by atoms with E-state index in [1.165, 1.54) is 0 Å². The van der Waals surface area contributed by atoms with E-state index in [4.69, 9.17) is 25.8 Å². The summed E-state index contributed by atoms with van der Waals surface area (Å²) in [6.45, 7) is 3.68. The Morgan fingerprint density at radius 2 is 1.94 bits per heavy atom. The van der Waals surface area contributed by atoms with Gasteiger partial charge in [-0.15, -0.1) is 0 Å². The molecule has 0 spiro atoms. The molecule has 0 bridgehead atoms. The molecule has 18 heavy (non-hydrogen) atoms. The molecule has 0 aliphatic carbocycles. The number of hydrogen-bond donors (Lipinski definition) is 1. The highest BCUT2D eigenvalue weighted by Crippen LogP contribution is 2.42. The molecule has 2 aliphatic heterocycles. The Labute approximate surface area is 111 Å². The van der Waals surface area contributed by atoms with Gasteiger partial charge in [-0.3, -0.25) is 0 Å². The minimum atomic E-state index is 0.00599. The van der Waals surface area contributed by atoms with E-state index in [0.717, 1.165) is 30.8 Å². The number of halogens is 1. The van der Waals surface area contributed by atoms with Crippen molar-refractivity contribution in [3.63, 3.8) is 0 Å². The lowest BCUT2D eigenvalue weighted by atomic mass is 10.1. The number of hydrogen-bond acceptors (Lipinski definition) is 4. The molecule has 1 aromatic carbocycles. The molecule has 0 aromatic heterocycles. The number of rotatable bonds is 1. The molecule has 3 rings (SSSR count). The maximum absolute atomic E-state index is 6.16. The predicted octanol–water partition coefficient (Wildman–Crippen LogP) is 2.16. The molecular formula is C13H16ClNO3. The fourth-order valence-corrected chi connectivity index (χ4v) is 2.47. The quantitative estimate of drug-likeness (QED) is 0.848. The highest BCUT2D eigenvalue weighted by atomic mass is 35.5. The Morgan fingerprint density at radius 3 is 2.72 bits per heavy atom. The van der Waals surface area contributed by atoms with Crippen molar-refractivity contribution in [3.8, 4) is 11.5 Å². The van der Waals surface area contributed by atoms with Crippen LogP contribution in [-0.4, -0.2) is 32.9 Å². The summed E-state index contributed by atoms with van der Waals surface area (Å²) in [5.41, 5.74) is 1.02. The maximum atomic E-state index is 6.16. The number of nitrogens with one attached hydrogen (secondary N) is 1. The minimum Gasteiger partial charge on any atom is -0.489 e. The zero-order chi connectivity index (χ0) is 12.4. The van der Waals surface area contributed by atoms with Gasteiger partial charge in [0.25, 0.3) is 0 Å². The second-order valence-electron chi connectivity index (χ2n) is 4.41. The topological polar surface area (TPSA) is 39.7 Å². The van der Waals surface area contributed by atoms with E-state index in [1.54, 1.807) is 0 Å². The van der Waals surface area contributed by atoms with E-state index >= 15 is 0 Å². The molecule has 0 amide bonds. The fraction of sp³-hybridized carbons (Fsp3) is 0.538. The molecule has 1 unspecified atom stereocenters. The van der Waals surface area contributed by atoms with Gasteiger partial charge in [-0.25, -0.2) is 0 Å². The zero-order valence-corrected chi connectivity index (χ0v) is 10.8. The van der Waals surface area contributed by atoms with Crippen LogP contribution in [0.2, 0.25) is 5.02 Å². The first kappa shape index (κ1) is 12.1. The van der Waals surface area contributed by atoms with E-state index in [2.05, 4.69) is 5.32 Å². The van der Waals surface area contributed by atoms with Crippen LogP contribution in [0.15, 0.2) is 12.1 Å². The molecule has 2 aliphatic rings. The van der Waals surface area contributed by atoms with Crippen molar-refractivity contribution in [1.29, 1.82) is 0 Å². The molecule has 1 saturated heterocycles. The van der Waals surface area contributed by atoms with Gasteiger partial charge < -0.3 is 19.5 Å². The molecule has 4 nitrogen and oxygen atoms in total. The Kier molecular flexibility index (Phi) is 3.59. The Balaban J connectivity index is 1.98. The van der Waals surface area contributed by atoms with Crippen LogP contribution in [0.5, 0.6) is 11.5 Å². The van der Waals surface area contributed by atoms with Crippen molar-refractivity contribution < 1.29 is 14.2 Å². The fourth-order valence-electron chi connectivity index (χ4n) is 2.26. The molecule has 98 valence electrons. The molecule has 1 N–H and O–H groups in total. The monoisotopic (exact) mass is 269 g/mol. The molecule has 1 atom stereocenters. The SMILES string of the molecule is Clc1ccc(C2CNCCO2)c2c1OCCCO2. The van der Waals surface area contributed by atoms with Gasteiger partial charge in [-0.1, -0.05) is 17.7 Å². The first-order chi connectivity index (χ1) is 8.86. The van der Waals surface area contributed by atoms with Crippen LogP contribution in [0.1, 0.15) is 18.1 Å². The van der Waals surface area contributed by atoms with E-state index in [0.29, 0.717) is 30.6 Å². The van der Waals surface area contributed by atoms with Crippen LogP contribution in [0.4, 0.5) is 0 Å². The van der Waals surface area contributed by atoms with Crippen LogP contribution in [-0.2, 0) is 4.74 Å². The summed E-state index contributed by atoms with van der Waals surface area (Å²) in [4.78, 5) is 0. The minimum absolute atomic E-state index is 0.00599. The summed E-state index contributed by atoms with van der Waals surface area (Å²) in [6.07, 6.45) is 0.875. The van der Waals surface area contributed by atoms with Crippen molar-refractivity contribution in [2.24, 2.45) is 0 Å². The second kappa shape index (κ2) is 5.34. The van der Waals surface area contributed by atoms with Crippen molar-refractivity contribution in [2.45, 2.75) is 12.5 Å². The van der Waals surface area contributed by atoms with Crippen molar-refractivity contribution in [2.75, 3.05) is 32.9 Å². The normalized spacial score (nSPS) is 23.5. The summed E-state index contributed by atoms with van der Waals surface area (Å²) in [6, 6.07) is 3.82. The first-order valence-corrected chi connectivity index (χ1v) is 6.64. The lowest BCUT2D eigenvalue weighted by Crippen LogP contribution is -2.33. The van der Waals surface area contributed by atoms with Gasteiger partial charge in [-0.05, 0) is 6.07 Å². The Hall–Kier alpha value is -0.970. The number of benzene rings is 1. The van der Waals surface area contributed by atoms with Crippen LogP contribution >= 0.6 is 11.6 Å². The summed E-state index contributed by atoms with van der Waals surface area (Å²) in [5, 5.41) is 3.91. The van der Waals surface area contributed by atoms with Gasteiger partial charge >= 0.3 is 0 Å². The van der Waals surface area contributed by atoms with Crippen molar-refractivity contribution in [3.05, 3.63) is 22.7 Å². The standard InChI is InChI=1S/C13H16ClNO3/c14-10-3-2-9(11-8-15-4-7-16-11)12-13(10)18-6-1-5-17-12/h2-3,11,15H,1,4-8H2. The van der Waals surface area contributed by atoms with Gasteiger partial charge in [-0.2, -0.15) is 0 Å². The zero-order valence-electron chi connectivity index (χ0n) is 10.1. The van der Waals surface area contributed by atoms with E-state index in [1.807, 2.05) is 12.1 Å². The third-order valence-corrected chi connectivity index (χ3v) is 3.45. The van der Waals surface area contributed by atoms with Gasteiger partial charge in [0, 0.05) is 25.1 Å². The summed E-state index contributed by atoms with van der Waals surface area (Å²) in [5.74, 6) is 1.40. The van der Waals surface area contributed by atoms with Crippen molar-refractivity contribution in [1.82, 2.24) is 5.32 Å². The average Bonchev–Trinajstić information content (AvgIpc) is 2.67. The maximum Gasteiger partial charge on any atom is 0.180 e. The van der Waals surface area contributed by atoms with Gasteiger partial charge in [0.05, 0.1) is 30.9 Å². The molecule has 1 fully saturated rings. The summed E-state index contributed by atoms with van der Waals surface area (Å²) < 4.78 is 17.2. The molecular weight excluding hydrogens is 254 g/mol. The van der Waals surface area contributed by atoms with E-state index in [-0.39, 0.29) is 6.10 Å².